The molecule has 4 aromatic carbocycles. The molecule has 0 fully saturated rings. The number of fused-ring (bicyclic) bond motifs is 1. The van der Waals surface area contributed by atoms with Crippen LogP contribution in [0.4, 0.5) is 0 Å². The van der Waals surface area contributed by atoms with E-state index in [2.05, 4.69) is 66.0 Å². The summed E-state index contributed by atoms with van der Waals surface area (Å²) in [4.78, 5) is 0. The molecule has 0 spiro atoms. The van der Waals surface area contributed by atoms with Crippen molar-refractivity contribution in [1.82, 2.24) is 5.32 Å². The Kier molecular flexibility index (Phi) is 6.41. The zero-order chi connectivity index (χ0) is 19.7. The fraction of sp³-hybridized carbons (Fsp3) is 0.154. The number of nitrogens with one attached hydrogen (secondary N) is 1. The molecule has 0 atom stereocenters. The Bertz CT molecular complexity index is 1030. The largest absolute Gasteiger partial charge is 0.490 e. The van der Waals surface area contributed by atoms with Crippen molar-refractivity contribution in [2.75, 3.05) is 13.2 Å². The molecule has 1 N–H and O–H groups in total. The van der Waals surface area contributed by atoms with Gasteiger partial charge in [0.1, 0.15) is 24.7 Å². The second-order valence-electron chi connectivity index (χ2n) is 6.86. The summed E-state index contributed by atoms with van der Waals surface area (Å²) in [7, 11) is 0. The van der Waals surface area contributed by atoms with Gasteiger partial charge in [-0.05, 0) is 34.5 Å². The van der Waals surface area contributed by atoms with Crippen molar-refractivity contribution >= 4 is 10.8 Å². The number of ether oxygens (including phenoxy) is 2. The SMILES string of the molecule is c1ccc(CNCc2c(OCCOc3ccccc3)ccc3ccccc23)cc1. The van der Waals surface area contributed by atoms with Gasteiger partial charge in [-0.2, -0.15) is 0 Å². The van der Waals surface area contributed by atoms with Gasteiger partial charge >= 0.3 is 0 Å². The maximum absolute atomic E-state index is 6.10. The van der Waals surface area contributed by atoms with Crippen LogP contribution in [0, 0.1) is 0 Å². The molecule has 4 aromatic rings. The quantitative estimate of drug-likeness (QED) is 0.382. The number of rotatable bonds is 9. The standard InChI is InChI=1S/C26H25NO2/c1-3-9-21(10-4-1)19-27-20-25-24-14-8-7-11-22(24)15-16-26(25)29-18-17-28-23-12-5-2-6-13-23/h1-16,27H,17-20H2. The highest BCUT2D eigenvalue weighted by Gasteiger charge is 2.09. The van der Waals surface area contributed by atoms with E-state index in [9.17, 15) is 0 Å². The van der Waals surface area contributed by atoms with Crippen molar-refractivity contribution in [1.29, 1.82) is 0 Å². The molecule has 0 saturated carbocycles. The summed E-state index contributed by atoms with van der Waals surface area (Å²) in [5.74, 6) is 1.76. The highest BCUT2D eigenvalue weighted by molar-refractivity contribution is 5.87. The second kappa shape index (κ2) is 9.76. The molecule has 4 rings (SSSR count). The lowest BCUT2D eigenvalue weighted by molar-refractivity contribution is 0.216. The van der Waals surface area contributed by atoms with Crippen LogP contribution in [-0.2, 0) is 13.1 Å². The second-order valence-corrected chi connectivity index (χ2v) is 6.86. The van der Waals surface area contributed by atoms with Gasteiger partial charge in [0.25, 0.3) is 0 Å². The van der Waals surface area contributed by atoms with E-state index in [1.807, 2.05) is 36.4 Å². The minimum Gasteiger partial charge on any atom is -0.490 e. The van der Waals surface area contributed by atoms with Gasteiger partial charge in [-0.15, -0.1) is 0 Å². The van der Waals surface area contributed by atoms with Crippen LogP contribution in [0.3, 0.4) is 0 Å². The normalized spacial score (nSPS) is 10.8. The van der Waals surface area contributed by atoms with Crippen LogP contribution in [0.5, 0.6) is 11.5 Å². The summed E-state index contributed by atoms with van der Waals surface area (Å²) < 4.78 is 11.9. The number of hydrogen-bond donors (Lipinski definition) is 1. The van der Waals surface area contributed by atoms with E-state index in [1.54, 1.807) is 0 Å². The van der Waals surface area contributed by atoms with E-state index < -0.39 is 0 Å². The highest BCUT2D eigenvalue weighted by atomic mass is 16.5. The molecule has 0 radical (unpaired) electrons. The van der Waals surface area contributed by atoms with Gasteiger partial charge < -0.3 is 14.8 Å². The summed E-state index contributed by atoms with van der Waals surface area (Å²) in [6, 6.07) is 32.9. The van der Waals surface area contributed by atoms with Crippen LogP contribution in [0.25, 0.3) is 10.8 Å². The van der Waals surface area contributed by atoms with Crippen molar-refractivity contribution in [3.8, 4) is 11.5 Å². The average molecular weight is 383 g/mol. The van der Waals surface area contributed by atoms with Crippen LogP contribution in [0.15, 0.2) is 97.1 Å². The Morgan fingerprint density at radius 3 is 2.10 bits per heavy atom. The first-order valence-corrected chi connectivity index (χ1v) is 9.96. The first-order valence-electron chi connectivity index (χ1n) is 9.96. The van der Waals surface area contributed by atoms with Crippen LogP contribution in [0.1, 0.15) is 11.1 Å². The third kappa shape index (κ3) is 5.15. The monoisotopic (exact) mass is 383 g/mol. The third-order valence-electron chi connectivity index (χ3n) is 4.82. The first kappa shape index (κ1) is 19.0. The highest BCUT2D eigenvalue weighted by Crippen LogP contribution is 2.28. The zero-order valence-electron chi connectivity index (χ0n) is 16.4. The molecule has 3 nitrogen and oxygen atoms in total. The number of benzene rings is 4. The third-order valence-corrected chi connectivity index (χ3v) is 4.82. The van der Waals surface area contributed by atoms with Crippen LogP contribution >= 0.6 is 0 Å². The molecule has 0 heterocycles. The summed E-state index contributed by atoms with van der Waals surface area (Å²) in [5, 5.41) is 5.99. The summed E-state index contributed by atoms with van der Waals surface area (Å²) in [6.07, 6.45) is 0. The average Bonchev–Trinajstić information content (AvgIpc) is 2.79. The predicted octanol–water partition coefficient (Wildman–Crippen LogP) is 5.59. The molecule has 0 amide bonds. The molecule has 0 aliphatic rings. The molecular formula is C26H25NO2. The van der Waals surface area contributed by atoms with Crippen molar-refractivity contribution in [3.63, 3.8) is 0 Å². The van der Waals surface area contributed by atoms with E-state index in [0.717, 1.165) is 24.6 Å². The maximum atomic E-state index is 6.10. The van der Waals surface area contributed by atoms with E-state index in [1.165, 1.54) is 21.9 Å². The molecule has 0 unspecified atom stereocenters. The van der Waals surface area contributed by atoms with Crippen LogP contribution in [0.2, 0.25) is 0 Å². The molecule has 3 heteroatoms. The Morgan fingerprint density at radius 1 is 0.586 bits per heavy atom. The molecule has 0 aliphatic carbocycles. The smallest absolute Gasteiger partial charge is 0.124 e. The fourth-order valence-electron chi connectivity index (χ4n) is 3.39. The zero-order valence-corrected chi connectivity index (χ0v) is 16.4. The van der Waals surface area contributed by atoms with Crippen molar-refractivity contribution in [2.45, 2.75) is 13.1 Å². The number of hydrogen-bond acceptors (Lipinski definition) is 3. The van der Waals surface area contributed by atoms with Gasteiger partial charge in [0.15, 0.2) is 0 Å². The van der Waals surface area contributed by atoms with E-state index >= 15 is 0 Å². The lowest BCUT2D eigenvalue weighted by atomic mass is 10.0. The molecule has 0 aliphatic heterocycles. The molecular weight excluding hydrogens is 358 g/mol. The molecule has 0 saturated heterocycles. The Balaban J connectivity index is 1.43. The van der Waals surface area contributed by atoms with Gasteiger partial charge in [0, 0.05) is 18.7 Å². The van der Waals surface area contributed by atoms with Gasteiger partial charge in [-0.25, -0.2) is 0 Å². The summed E-state index contributed by atoms with van der Waals surface area (Å²) in [6.45, 7) is 2.57. The van der Waals surface area contributed by atoms with Crippen molar-refractivity contribution in [2.24, 2.45) is 0 Å². The summed E-state index contributed by atoms with van der Waals surface area (Å²) >= 11 is 0. The van der Waals surface area contributed by atoms with Crippen molar-refractivity contribution < 1.29 is 9.47 Å². The van der Waals surface area contributed by atoms with Crippen molar-refractivity contribution in [3.05, 3.63) is 108 Å². The Morgan fingerprint density at radius 2 is 1.28 bits per heavy atom. The van der Waals surface area contributed by atoms with Gasteiger partial charge in [0.05, 0.1) is 0 Å². The number of para-hydroxylation sites is 1. The molecule has 0 aromatic heterocycles. The van der Waals surface area contributed by atoms with Crippen LogP contribution in [-0.4, -0.2) is 13.2 Å². The predicted molar refractivity (Wildman–Crippen MR) is 118 cm³/mol. The van der Waals surface area contributed by atoms with Gasteiger partial charge in [-0.1, -0.05) is 78.9 Å². The molecule has 0 bridgehead atoms. The Hall–Kier alpha value is -3.30. The van der Waals surface area contributed by atoms with Gasteiger partial charge in [-0.3, -0.25) is 0 Å². The topological polar surface area (TPSA) is 30.5 Å². The molecule has 146 valence electrons. The van der Waals surface area contributed by atoms with Crippen LogP contribution < -0.4 is 14.8 Å². The fourth-order valence-corrected chi connectivity index (χ4v) is 3.39. The first-order chi connectivity index (χ1) is 14.4. The minimum absolute atomic E-state index is 0.499. The van der Waals surface area contributed by atoms with E-state index in [4.69, 9.17) is 9.47 Å². The van der Waals surface area contributed by atoms with Gasteiger partial charge in [0.2, 0.25) is 0 Å². The summed E-state index contributed by atoms with van der Waals surface area (Å²) in [5.41, 5.74) is 2.45. The minimum atomic E-state index is 0.499. The van der Waals surface area contributed by atoms with E-state index in [-0.39, 0.29) is 0 Å². The lowest BCUT2D eigenvalue weighted by Crippen LogP contribution is -2.15. The van der Waals surface area contributed by atoms with E-state index in [0.29, 0.717) is 13.2 Å². The maximum Gasteiger partial charge on any atom is 0.124 e. The molecule has 29 heavy (non-hydrogen) atoms. The lowest BCUT2D eigenvalue weighted by Gasteiger charge is -2.15. The Labute approximate surface area is 171 Å².